The lowest BCUT2D eigenvalue weighted by atomic mass is 10.0. The van der Waals surface area contributed by atoms with E-state index in [1.165, 1.54) is 23.5 Å². The maximum absolute atomic E-state index is 12.5. The molecule has 2 rings (SSSR count). The third-order valence-electron chi connectivity index (χ3n) is 3.43. The lowest BCUT2D eigenvalue weighted by Gasteiger charge is -2.19. The zero-order chi connectivity index (χ0) is 15.8. The molecule has 0 amide bonds. The molecule has 0 radical (unpaired) electrons. The quantitative estimate of drug-likeness (QED) is 0.886. The van der Waals surface area contributed by atoms with Gasteiger partial charge in [0.05, 0.1) is 21.7 Å². The minimum absolute atomic E-state index is 0.544. The molecule has 1 aromatic carbocycles. The zero-order valence-corrected chi connectivity index (χ0v) is 12.8. The van der Waals surface area contributed by atoms with Crippen LogP contribution in [0.15, 0.2) is 24.3 Å². The molecule has 1 heterocycles. The maximum atomic E-state index is 12.5. The molecule has 0 spiro atoms. The number of aryl methyl sites for hydroxylation is 1. The highest BCUT2D eigenvalue weighted by Crippen LogP contribution is 2.37. The second-order valence-corrected chi connectivity index (χ2v) is 6.14. The molecule has 1 aromatic heterocycles. The average molecular weight is 315 g/mol. The van der Waals surface area contributed by atoms with Gasteiger partial charge < -0.3 is 5.11 Å². The van der Waals surface area contributed by atoms with Gasteiger partial charge in [0.2, 0.25) is 0 Å². The van der Waals surface area contributed by atoms with E-state index in [-0.39, 0.29) is 0 Å². The van der Waals surface area contributed by atoms with Crippen molar-refractivity contribution in [3.63, 3.8) is 0 Å². The average Bonchev–Trinajstić information content (AvgIpc) is 2.81. The van der Waals surface area contributed by atoms with E-state index in [0.29, 0.717) is 22.7 Å². The van der Waals surface area contributed by atoms with Crippen molar-refractivity contribution in [3.8, 4) is 10.6 Å². The van der Waals surface area contributed by atoms with Gasteiger partial charge in [-0.05, 0) is 32.4 Å². The van der Waals surface area contributed by atoms with Crippen molar-refractivity contribution in [1.82, 2.24) is 4.98 Å². The Labute approximate surface area is 125 Å². The summed E-state index contributed by atoms with van der Waals surface area (Å²) in [5.41, 5.74) is -0.317. The van der Waals surface area contributed by atoms with E-state index in [1.807, 2.05) is 6.92 Å². The molecule has 2 aromatic rings. The van der Waals surface area contributed by atoms with Gasteiger partial charge in [0.1, 0.15) is 5.01 Å². The van der Waals surface area contributed by atoms with Crippen molar-refractivity contribution < 1.29 is 18.3 Å². The highest BCUT2D eigenvalue weighted by molar-refractivity contribution is 7.15. The molecular formula is C15H16F3NOS. The molecule has 1 atom stereocenters. The zero-order valence-electron chi connectivity index (χ0n) is 12.0. The summed E-state index contributed by atoms with van der Waals surface area (Å²) in [4.78, 5) is 5.11. The van der Waals surface area contributed by atoms with E-state index in [0.717, 1.165) is 17.0 Å². The monoisotopic (exact) mass is 315 g/mol. The van der Waals surface area contributed by atoms with Gasteiger partial charge in [-0.3, -0.25) is 0 Å². The summed E-state index contributed by atoms with van der Waals surface area (Å²) in [5.74, 6) is 0. The smallest absolute Gasteiger partial charge is 0.385 e. The number of hydrogen-bond donors (Lipinski definition) is 1. The van der Waals surface area contributed by atoms with Gasteiger partial charge in [0.25, 0.3) is 0 Å². The number of hydrogen-bond acceptors (Lipinski definition) is 3. The van der Waals surface area contributed by atoms with Crippen LogP contribution in [0, 0.1) is 6.92 Å². The summed E-state index contributed by atoms with van der Waals surface area (Å²) in [5, 5.41) is 10.9. The molecule has 0 aliphatic rings. The van der Waals surface area contributed by atoms with Gasteiger partial charge >= 0.3 is 6.18 Å². The van der Waals surface area contributed by atoms with E-state index in [2.05, 4.69) is 4.98 Å². The van der Waals surface area contributed by atoms with Crippen LogP contribution < -0.4 is 0 Å². The van der Waals surface area contributed by atoms with Crippen molar-refractivity contribution in [2.75, 3.05) is 0 Å². The Bertz CT molecular complexity index is 629. The highest BCUT2D eigenvalue weighted by Gasteiger charge is 2.30. The molecular weight excluding hydrogens is 299 g/mol. The molecule has 21 heavy (non-hydrogen) atoms. The fourth-order valence-corrected chi connectivity index (χ4v) is 3.17. The Kier molecular flexibility index (Phi) is 4.13. The standard InChI is InChI=1S/C15H16F3NOS/c1-4-14(3,20)12-9(2)19-13(21-12)10-5-7-11(8-6-10)15(16,17)18/h5-8,20H,4H2,1-3H3/t14-/m1/s1. The molecule has 0 unspecified atom stereocenters. The van der Waals surface area contributed by atoms with E-state index in [4.69, 9.17) is 0 Å². The number of aliphatic hydroxyl groups is 1. The SMILES string of the molecule is CC[C@@](C)(O)c1sc(-c2ccc(C(F)(F)F)cc2)nc1C. The van der Waals surface area contributed by atoms with Crippen LogP contribution in [0.3, 0.4) is 0 Å². The van der Waals surface area contributed by atoms with Crippen LogP contribution in [0.1, 0.15) is 36.4 Å². The number of aromatic nitrogens is 1. The predicted octanol–water partition coefficient (Wildman–Crippen LogP) is 4.75. The van der Waals surface area contributed by atoms with Gasteiger partial charge in [-0.25, -0.2) is 4.98 Å². The van der Waals surface area contributed by atoms with Crippen LogP contribution in [-0.2, 0) is 11.8 Å². The summed E-state index contributed by atoms with van der Waals surface area (Å²) in [6.07, 6.45) is -3.79. The molecule has 0 fully saturated rings. The van der Waals surface area contributed by atoms with E-state index >= 15 is 0 Å². The highest BCUT2D eigenvalue weighted by atomic mass is 32.1. The van der Waals surface area contributed by atoms with Crippen LogP contribution >= 0.6 is 11.3 Å². The van der Waals surface area contributed by atoms with Gasteiger partial charge in [0.15, 0.2) is 0 Å². The van der Waals surface area contributed by atoms with Crippen molar-refractivity contribution in [2.24, 2.45) is 0 Å². The fourth-order valence-electron chi connectivity index (χ4n) is 1.98. The Morgan fingerprint density at radius 1 is 1.19 bits per heavy atom. The summed E-state index contributed by atoms with van der Waals surface area (Å²) < 4.78 is 37.6. The van der Waals surface area contributed by atoms with Crippen molar-refractivity contribution >= 4 is 11.3 Å². The first kappa shape index (κ1) is 16.0. The van der Waals surface area contributed by atoms with E-state index in [9.17, 15) is 18.3 Å². The Morgan fingerprint density at radius 2 is 1.76 bits per heavy atom. The lowest BCUT2D eigenvalue weighted by molar-refractivity contribution is -0.137. The Morgan fingerprint density at radius 3 is 2.24 bits per heavy atom. The Balaban J connectivity index is 2.38. The van der Waals surface area contributed by atoms with Gasteiger partial charge in [-0.15, -0.1) is 11.3 Å². The first-order valence-corrected chi connectivity index (χ1v) is 7.34. The fraction of sp³-hybridized carbons (Fsp3) is 0.400. The van der Waals surface area contributed by atoms with Gasteiger partial charge in [-0.2, -0.15) is 13.2 Å². The van der Waals surface area contributed by atoms with Gasteiger partial charge in [-0.1, -0.05) is 19.1 Å². The molecule has 2 nitrogen and oxygen atoms in total. The lowest BCUT2D eigenvalue weighted by Crippen LogP contribution is -2.18. The Hall–Kier alpha value is -1.40. The topological polar surface area (TPSA) is 33.1 Å². The van der Waals surface area contributed by atoms with Crippen molar-refractivity contribution in [2.45, 2.75) is 39.0 Å². The first-order chi connectivity index (χ1) is 9.65. The summed E-state index contributed by atoms with van der Waals surface area (Å²) in [7, 11) is 0. The largest absolute Gasteiger partial charge is 0.416 e. The summed E-state index contributed by atoms with van der Waals surface area (Å²) in [6.45, 7) is 5.38. The van der Waals surface area contributed by atoms with E-state index < -0.39 is 17.3 Å². The van der Waals surface area contributed by atoms with Crippen LogP contribution in [0.2, 0.25) is 0 Å². The number of nitrogens with zero attached hydrogens (tertiary/aromatic N) is 1. The maximum Gasteiger partial charge on any atom is 0.416 e. The number of rotatable bonds is 3. The van der Waals surface area contributed by atoms with Crippen LogP contribution in [0.5, 0.6) is 0 Å². The van der Waals surface area contributed by atoms with E-state index in [1.54, 1.807) is 13.8 Å². The second-order valence-electron chi connectivity index (χ2n) is 5.14. The van der Waals surface area contributed by atoms with Crippen LogP contribution in [0.4, 0.5) is 13.2 Å². The molecule has 0 aliphatic heterocycles. The van der Waals surface area contributed by atoms with Crippen LogP contribution in [0.25, 0.3) is 10.6 Å². The van der Waals surface area contributed by atoms with Crippen molar-refractivity contribution in [3.05, 3.63) is 40.4 Å². The third-order valence-corrected chi connectivity index (χ3v) is 4.89. The minimum atomic E-state index is -4.34. The van der Waals surface area contributed by atoms with Crippen LogP contribution in [-0.4, -0.2) is 10.1 Å². The normalized spacial score (nSPS) is 15.0. The molecule has 6 heteroatoms. The van der Waals surface area contributed by atoms with Crippen molar-refractivity contribution in [1.29, 1.82) is 0 Å². The summed E-state index contributed by atoms with van der Waals surface area (Å²) >= 11 is 1.32. The second kappa shape index (κ2) is 5.42. The van der Waals surface area contributed by atoms with Gasteiger partial charge in [0, 0.05) is 5.56 Å². The number of alkyl halides is 3. The third kappa shape index (κ3) is 3.27. The first-order valence-electron chi connectivity index (χ1n) is 6.53. The molecule has 0 aliphatic carbocycles. The number of thiazole rings is 1. The molecule has 1 N–H and O–H groups in total. The molecule has 0 bridgehead atoms. The molecule has 0 saturated carbocycles. The minimum Gasteiger partial charge on any atom is -0.385 e. The summed E-state index contributed by atoms with van der Waals surface area (Å²) in [6, 6.07) is 4.91. The molecule has 0 saturated heterocycles. The predicted molar refractivity (Wildman–Crippen MR) is 77.2 cm³/mol. The number of benzene rings is 1. The number of halogens is 3. The molecule has 114 valence electrons.